The lowest BCUT2D eigenvalue weighted by atomic mass is 9.98. The molecule has 0 saturated carbocycles. The number of aryl methyl sites for hydroxylation is 2. The first-order valence-electron chi connectivity index (χ1n) is 13.6. The van der Waals surface area contributed by atoms with Crippen LogP contribution in [0.2, 0.25) is 0 Å². The molecule has 9 heteroatoms. The van der Waals surface area contributed by atoms with Crippen LogP contribution in [0.3, 0.4) is 0 Å². The summed E-state index contributed by atoms with van der Waals surface area (Å²) in [6.07, 6.45) is 1.57. The minimum Gasteiger partial charge on any atom is -0.353 e. The molecular weight excluding hydrogens is 500 g/mol. The summed E-state index contributed by atoms with van der Waals surface area (Å²) >= 11 is 0. The van der Waals surface area contributed by atoms with Crippen molar-refractivity contribution < 1.29 is 4.79 Å². The Morgan fingerprint density at radius 3 is 2.73 bits per heavy atom. The molecule has 1 amide bonds. The molecule has 0 unspecified atom stereocenters. The Labute approximate surface area is 235 Å². The smallest absolute Gasteiger partial charge is 0.246 e. The molecule has 1 atom stereocenters. The van der Waals surface area contributed by atoms with E-state index < -0.39 is 0 Å². The van der Waals surface area contributed by atoms with E-state index in [9.17, 15) is 10.1 Å². The molecule has 1 aliphatic rings. The maximum atomic E-state index is 12.5. The Hall–Kier alpha value is -4.42. The zero-order valence-electron chi connectivity index (χ0n) is 23.7. The molecule has 2 aromatic heterocycles. The second-order valence-electron chi connectivity index (χ2n) is 10.6. The minimum absolute atomic E-state index is 0.146. The number of anilines is 2. The van der Waals surface area contributed by atoms with Gasteiger partial charge in [0.15, 0.2) is 0 Å². The lowest BCUT2D eigenvalue weighted by Gasteiger charge is -2.41. The summed E-state index contributed by atoms with van der Waals surface area (Å²) in [4.78, 5) is 28.5. The highest BCUT2D eigenvalue weighted by Crippen LogP contribution is 2.37. The molecule has 5 rings (SSSR count). The number of fused-ring (bicyclic) bond motifs is 2. The molecule has 0 spiro atoms. The van der Waals surface area contributed by atoms with Crippen LogP contribution in [0.4, 0.5) is 11.8 Å². The molecule has 1 fully saturated rings. The second kappa shape index (κ2) is 11.4. The second-order valence-corrected chi connectivity index (χ2v) is 10.6. The standard InChI is InChI=1S/C31H36N8O/c1-6-27(40)39-18-17-38(20-23(39)13-14-32)30-25-19-26(24-12-8-11-22-10-7-9-21(2)28(22)24)37(5)29(25)34-31(35-30)33-15-16-36(3)4/h6-12,19,23H,1,13,15-18,20H2,2-5H3,(H,33,34,35)/t23-/m0/s1. The van der Waals surface area contributed by atoms with Crippen molar-refractivity contribution in [2.24, 2.45) is 7.05 Å². The number of carbonyl (C=O) groups is 1. The minimum atomic E-state index is -0.247. The van der Waals surface area contributed by atoms with Crippen molar-refractivity contribution in [3.05, 3.63) is 60.7 Å². The summed E-state index contributed by atoms with van der Waals surface area (Å²) in [6, 6.07) is 17.0. The molecule has 1 aliphatic heterocycles. The molecule has 0 radical (unpaired) electrons. The number of likely N-dealkylation sites (N-methyl/N-ethyl adjacent to an activating group) is 1. The van der Waals surface area contributed by atoms with E-state index in [1.54, 1.807) is 4.90 Å². The molecule has 206 valence electrons. The van der Waals surface area contributed by atoms with Crippen molar-refractivity contribution in [2.45, 2.75) is 19.4 Å². The van der Waals surface area contributed by atoms with E-state index in [4.69, 9.17) is 9.97 Å². The fourth-order valence-electron chi connectivity index (χ4n) is 5.63. The molecule has 3 heterocycles. The third-order valence-electron chi connectivity index (χ3n) is 7.66. The molecule has 1 saturated heterocycles. The summed E-state index contributed by atoms with van der Waals surface area (Å²) in [5.74, 6) is 1.23. The van der Waals surface area contributed by atoms with Gasteiger partial charge in [0.1, 0.15) is 11.5 Å². The topological polar surface area (TPSA) is 93.3 Å². The van der Waals surface area contributed by atoms with E-state index >= 15 is 0 Å². The van der Waals surface area contributed by atoms with Crippen molar-refractivity contribution in [2.75, 3.05) is 57.0 Å². The number of aromatic nitrogens is 3. The summed E-state index contributed by atoms with van der Waals surface area (Å²) in [5.41, 5.74) is 4.26. The number of nitriles is 1. The van der Waals surface area contributed by atoms with Crippen LogP contribution in [0, 0.1) is 18.3 Å². The van der Waals surface area contributed by atoms with E-state index in [-0.39, 0.29) is 18.4 Å². The third-order valence-corrected chi connectivity index (χ3v) is 7.66. The predicted octanol–water partition coefficient (Wildman–Crippen LogP) is 4.19. The van der Waals surface area contributed by atoms with E-state index in [0.29, 0.717) is 32.1 Å². The summed E-state index contributed by atoms with van der Waals surface area (Å²) in [7, 11) is 6.12. The molecule has 9 nitrogen and oxygen atoms in total. The van der Waals surface area contributed by atoms with Crippen LogP contribution in [0.25, 0.3) is 33.1 Å². The summed E-state index contributed by atoms with van der Waals surface area (Å²) in [5, 5.41) is 16.3. The summed E-state index contributed by atoms with van der Waals surface area (Å²) in [6.45, 7) is 8.94. The van der Waals surface area contributed by atoms with E-state index in [1.807, 2.05) is 21.1 Å². The predicted molar refractivity (Wildman–Crippen MR) is 161 cm³/mol. The van der Waals surface area contributed by atoms with Gasteiger partial charge in [-0.05, 0) is 49.5 Å². The van der Waals surface area contributed by atoms with E-state index in [2.05, 4.69) is 81.7 Å². The average molecular weight is 537 g/mol. The fourth-order valence-corrected chi connectivity index (χ4v) is 5.63. The molecule has 40 heavy (non-hydrogen) atoms. The Bertz CT molecular complexity index is 1610. The lowest BCUT2D eigenvalue weighted by Crippen LogP contribution is -2.55. The van der Waals surface area contributed by atoms with Crippen molar-refractivity contribution in [3.8, 4) is 17.3 Å². The highest BCUT2D eigenvalue weighted by atomic mass is 16.2. The SMILES string of the molecule is C=CC(=O)N1CCN(c2nc(NCCN(C)C)nc3c2cc(-c2cccc4cccc(C)c24)n3C)C[C@@H]1CC#N. The molecule has 0 aliphatic carbocycles. The largest absolute Gasteiger partial charge is 0.353 e. The quantitative estimate of drug-likeness (QED) is 0.338. The van der Waals surface area contributed by atoms with Gasteiger partial charge in [-0.1, -0.05) is 43.0 Å². The Kier molecular flexibility index (Phi) is 7.71. The van der Waals surface area contributed by atoms with Gasteiger partial charge in [-0.25, -0.2) is 0 Å². The van der Waals surface area contributed by atoms with Gasteiger partial charge in [0.05, 0.1) is 29.6 Å². The normalized spacial score (nSPS) is 15.6. The number of piperazine rings is 1. The first-order valence-corrected chi connectivity index (χ1v) is 13.6. The maximum Gasteiger partial charge on any atom is 0.246 e. The van der Waals surface area contributed by atoms with Crippen LogP contribution in [0.15, 0.2) is 55.1 Å². The molecular formula is C31H36N8O. The summed E-state index contributed by atoms with van der Waals surface area (Å²) < 4.78 is 2.14. The van der Waals surface area contributed by atoms with Crippen LogP contribution in [0.5, 0.6) is 0 Å². The van der Waals surface area contributed by atoms with Crippen LogP contribution in [-0.2, 0) is 11.8 Å². The number of rotatable bonds is 8. The van der Waals surface area contributed by atoms with Crippen molar-refractivity contribution in [1.29, 1.82) is 5.26 Å². The number of nitrogens with one attached hydrogen (secondary N) is 1. The van der Waals surface area contributed by atoms with Gasteiger partial charge in [-0.2, -0.15) is 15.2 Å². The van der Waals surface area contributed by atoms with Crippen molar-refractivity contribution in [3.63, 3.8) is 0 Å². The highest BCUT2D eigenvalue weighted by Gasteiger charge is 2.31. The fraction of sp³-hybridized carbons (Fsp3) is 0.355. The number of carbonyl (C=O) groups excluding carboxylic acids is 1. The number of hydrogen-bond acceptors (Lipinski definition) is 7. The average Bonchev–Trinajstić information content (AvgIpc) is 3.28. The van der Waals surface area contributed by atoms with Gasteiger partial charge < -0.3 is 24.6 Å². The third kappa shape index (κ3) is 5.10. The van der Waals surface area contributed by atoms with Gasteiger partial charge >= 0.3 is 0 Å². The van der Waals surface area contributed by atoms with E-state index in [0.717, 1.165) is 34.7 Å². The molecule has 4 aromatic rings. The zero-order valence-corrected chi connectivity index (χ0v) is 23.7. The van der Waals surface area contributed by atoms with Crippen LogP contribution >= 0.6 is 0 Å². The van der Waals surface area contributed by atoms with Gasteiger partial charge in [0.25, 0.3) is 0 Å². The number of benzene rings is 2. The first-order chi connectivity index (χ1) is 19.3. The molecule has 0 bridgehead atoms. The van der Waals surface area contributed by atoms with Crippen molar-refractivity contribution in [1.82, 2.24) is 24.3 Å². The van der Waals surface area contributed by atoms with Gasteiger partial charge in [-0.15, -0.1) is 0 Å². The lowest BCUT2D eigenvalue weighted by molar-refractivity contribution is -0.128. The van der Waals surface area contributed by atoms with Crippen LogP contribution in [-0.4, -0.2) is 83.1 Å². The van der Waals surface area contributed by atoms with Gasteiger partial charge in [0.2, 0.25) is 11.9 Å². The van der Waals surface area contributed by atoms with Gasteiger partial charge in [0, 0.05) is 45.3 Å². The first kappa shape index (κ1) is 27.2. The Morgan fingerprint density at radius 2 is 2.00 bits per heavy atom. The highest BCUT2D eigenvalue weighted by molar-refractivity contribution is 6.02. The molecule has 1 N–H and O–H groups in total. The van der Waals surface area contributed by atoms with Crippen LogP contribution < -0.4 is 10.2 Å². The Morgan fingerprint density at radius 1 is 1.23 bits per heavy atom. The van der Waals surface area contributed by atoms with Crippen LogP contribution in [0.1, 0.15) is 12.0 Å². The molecule has 2 aromatic carbocycles. The Balaban J connectivity index is 1.64. The van der Waals surface area contributed by atoms with E-state index in [1.165, 1.54) is 22.4 Å². The monoisotopic (exact) mass is 536 g/mol. The number of nitrogens with zero attached hydrogens (tertiary/aromatic N) is 7. The van der Waals surface area contributed by atoms with Crippen molar-refractivity contribution >= 4 is 39.5 Å². The zero-order chi connectivity index (χ0) is 28.4. The number of amides is 1. The van der Waals surface area contributed by atoms with Gasteiger partial charge in [-0.3, -0.25) is 4.79 Å². The number of hydrogen-bond donors (Lipinski definition) is 1. The maximum absolute atomic E-state index is 12.5.